The number of anilines is 1. The molecule has 0 spiro atoms. The van der Waals surface area contributed by atoms with Crippen molar-refractivity contribution in [3.05, 3.63) is 58.9 Å². The second-order valence-corrected chi connectivity index (χ2v) is 8.94. The molecule has 2 aliphatic rings. The van der Waals surface area contributed by atoms with Gasteiger partial charge in [-0.05, 0) is 44.2 Å². The van der Waals surface area contributed by atoms with E-state index < -0.39 is 0 Å². The lowest BCUT2D eigenvalue weighted by Crippen LogP contribution is -2.39. The maximum atomic E-state index is 13.4. The Morgan fingerprint density at radius 3 is 2.84 bits per heavy atom. The number of aliphatic hydroxyl groups is 1. The van der Waals surface area contributed by atoms with Crippen molar-refractivity contribution in [1.82, 2.24) is 19.5 Å². The molecule has 168 valence electrons. The third-order valence-corrected chi connectivity index (χ3v) is 6.67. The van der Waals surface area contributed by atoms with E-state index in [1.807, 2.05) is 33.8 Å². The number of carbonyl (C=O) groups is 1. The molecule has 0 unspecified atom stereocenters. The van der Waals surface area contributed by atoms with E-state index in [2.05, 4.69) is 11.8 Å². The molecule has 8 heteroatoms. The van der Waals surface area contributed by atoms with Gasteiger partial charge in [-0.25, -0.2) is 9.50 Å². The average Bonchev–Trinajstić information content (AvgIpc) is 3.43. The van der Waals surface area contributed by atoms with Crippen LogP contribution in [0.4, 0.5) is 5.82 Å². The molecule has 2 atom stereocenters. The number of piperidine rings is 1. The van der Waals surface area contributed by atoms with E-state index in [0.29, 0.717) is 17.7 Å². The molecule has 8 nitrogen and oxygen atoms in total. The first-order valence-corrected chi connectivity index (χ1v) is 11.4. The van der Waals surface area contributed by atoms with Crippen LogP contribution in [0.2, 0.25) is 0 Å². The van der Waals surface area contributed by atoms with Crippen LogP contribution >= 0.6 is 0 Å². The number of nitrogens with two attached hydrogens (primary N) is 1. The van der Waals surface area contributed by atoms with Crippen LogP contribution in [0.25, 0.3) is 5.65 Å². The van der Waals surface area contributed by atoms with E-state index in [4.69, 9.17) is 15.8 Å². The Balaban J connectivity index is 1.48. The SMILES string of the molecule is Cc1cn2nc([C@@H]3CCCCN3C(=O)c3ccccc3CO)cc2nc1N1CC[C@H](N)C1. The maximum Gasteiger partial charge on any atom is 0.254 e. The number of rotatable bonds is 4. The summed E-state index contributed by atoms with van der Waals surface area (Å²) in [5.74, 6) is 0.914. The molecule has 0 radical (unpaired) electrons. The van der Waals surface area contributed by atoms with Crippen molar-refractivity contribution in [2.24, 2.45) is 5.73 Å². The van der Waals surface area contributed by atoms with Crippen molar-refractivity contribution < 1.29 is 9.90 Å². The lowest BCUT2D eigenvalue weighted by atomic mass is 9.97. The summed E-state index contributed by atoms with van der Waals surface area (Å²) in [7, 11) is 0. The monoisotopic (exact) mass is 434 g/mol. The van der Waals surface area contributed by atoms with Crippen molar-refractivity contribution in [1.29, 1.82) is 0 Å². The molecule has 3 aromatic rings. The highest BCUT2D eigenvalue weighted by Crippen LogP contribution is 2.33. The van der Waals surface area contributed by atoms with Gasteiger partial charge in [0.1, 0.15) is 5.82 Å². The lowest BCUT2D eigenvalue weighted by molar-refractivity contribution is 0.0602. The van der Waals surface area contributed by atoms with Crippen LogP contribution in [0.5, 0.6) is 0 Å². The molecule has 2 saturated heterocycles. The standard InChI is InChI=1S/C24H30N6O2/c1-16-13-30-22(26-23(16)28-11-9-18(25)14-28)12-20(27-30)21-8-4-5-10-29(21)24(32)19-7-3-2-6-17(19)15-31/h2-3,6-7,12-13,18,21,31H,4-5,8-11,14-15,25H2,1H3/t18-,21-/m0/s1. The van der Waals surface area contributed by atoms with Crippen LogP contribution < -0.4 is 10.6 Å². The summed E-state index contributed by atoms with van der Waals surface area (Å²) < 4.78 is 1.82. The number of amides is 1. The van der Waals surface area contributed by atoms with Crippen LogP contribution in [-0.2, 0) is 6.61 Å². The highest BCUT2D eigenvalue weighted by Gasteiger charge is 2.32. The summed E-state index contributed by atoms with van der Waals surface area (Å²) >= 11 is 0. The lowest BCUT2D eigenvalue weighted by Gasteiger charge is -2.35. The second kappa shape index (κ2) is 8.52. The summed E-state index contributed by atoms with van der Waals surface area (Å²) in [6, 6.07) is 9.38. The van der Waals surface area contributed by atoms with Gasteiger partial charge in [-0.1, -0.05) is 18.2 Å². The first-order valence-electron chi connectivity index (χ1n) is 11.4. The van der Waals surface area contributed by atoms with Gasteiger partial charge in [0.2, 0.25) is 0 Å². The molecule has 4 heterocycles. The summed E-state index contributed by atoms with van der Waals surface area (Å²) in [5, 5.41) is 14.5. The fourth-order valence-corrected chi connectivity index (χ4v) is 4.99. The van der Waals surface area contributed by atoms with Gasteiger partial charge in [-0.15, -0.1) is 0 Å². The first kappa shape index (κ1) is 20.9. The van der Waals surface area contributed by atoms with Gasteiger partial charge in [0.25, 0.3) is 5.91 Å². The summed E-state index contributed by atoms with van der Waals surface area (Å²) in [6.07, 6.45) is 5.87. The highest BCUT2D eigenvalue weighted by molar-refractivity contribution is 5.96. The number of aliphatic hydroxyl groups excluding tert-OH is 1. The summed E-state index contributed by atoms with van der Waals surface area (Å²) in [6.45, 7) is 4.32. The third-order valence-electron chi connectivity index (χ3n) is 6.67. The fraction of sp³-hybridized carbons (Fsp3) is 0.458. The minimum atomic E-state index is -0.152. The number of hydrogen-bond acceptors (Lipinski definition) is 6. The van der Waals surface area contributed by atoms with Crippen molar-refractivity contribution in [2.75, 3.05) is 24.5 Å². The number of fused-ring (bicyclic) bond motifs is 1. The highest BCUT2D eigenvalue weighted by atomic mass is 16.3. The van der Waals surface area contributed by atoms with Crippen molar-refractivity contribution in [3.63, 3.8) is 0 Å². The Kier molecular flexibility index (Phi) is 5.57. The summed E-state index contributed by atoms with van der Waals surface area (Å²) in [5.41, 5.74) is 10.0. The van der Waals surface area contributed by atoms with E-state index in [0.717, 1.165) is 61.5 Å². The Hall–Kier alpha value is -2.97. The number of carbonyl (C=O) groups excluding carboxylic acids is 1. The van der Waals surface area contributed by atoms with Crippen molar-refractivity contribution in [2.45, 2.75) is 51.3 Å². The largest absolute Gasteiger partial charge is 0.392 e. The zero-order chi connectivity index (χ0) is 22.2. The van der Waals surface area contributed by atoms with Crippen molar-refractivity contribution in [3.8, 4) is 0 Å². The minimum absolute atomic E-state index is 0.0488. The van der Waals surface area contributed by atoms with E-state index in [1.54, 1.807) is 12.1 Å². The smallest absolute Gasteiger partial charge is 0.254 e. The van der Waals surface area contributed by atoms with Crippen LogP contribution in [-0.4, -0.2) is 56.2 Å². The van der Waals surface area contributed by atoms with Crippen LogP contribution in [0.15, 0.2) is 36.5 Å². The van der Waals surface area contributed by atoms with Crippen LogP contribution in [0.3, 0.4) is 0 Å². The Morgan fingerprint density at radius 1 is 1.22 bits per heavy atom. The number of hydrogen-bond donors (Lipinski definition) is 2. The molecule has 3 N–H and O–H groups in total. The minimum Gasteiger partial charge on any atom is -0.392 e. The zero-order valence-corrected chi connectivity index (χ0v) is 18.4. The Labute approximate surface area is 187 Å². The molecular weight excluding hydrogens is 404 g/mol. The molecule has 0 saturated carbocycles. The van der Waals surface area contributed by atoms with Gasteiger partial charge in [-0.2, -0.15) is 5.10 Å². The third kappa shape index (κ3) is 3.73. The van der Waals surface area contributed by atoms with Crippen molar-refractivity contribution >= 4 is 17.4 Å². The average molecular weight is 435 g/mol. The molecule has 2 fully saturated rings. The topological polar surface area (TPSA) is 100.0 Å². The number of benzene rings is 1. The number of aromatic nitrogens is 3. The van der Waals surface area contributed by atoms with Gasteiger partial charge in [0.15, 0.2) is 5.65 Å². The molecular formula is C24H30N6O2. The van der Waals surface area contributed by atoms with Gasteiger partial charge < -0.3 is 20.6 Å². The van der Waals surface area contributed by atoms with Gasteiger partial charge in [0.05, 0.1) is 18.3 Å². The number of aryl methyl sites for hydroxylation is 1. The van der Waals surface area contributed by atoms with Crippen LogP contribution in [0.1, 0.15) is 58.9 Å². The van der Waals surface area contributed by atoms with E-state index in [1.165, 1.54) is 0 Å². The molecule has 0 bridgehead atoms. The second-order valence-electron chi connectivity index (χ2n) is 8.94. The van der Waals surface area contributed by atoms with E-state index in [9.17, 15) is 9.90 Å². The molecule has 2 aromatic heterocycles. The van der Waals surface area contributed by atoms with E-state index >= 15 is 0 Å². The molecule has 5 rings (SSSR count). The number of likely N-dealkylation sites (tertiary alicyclic amines) is 1. The number of nitrogens with zero attached hydrogens (tertiary/aromatic N) is 5. The molecule has 32 heavy (non-hydrogen) atoms. The Morgan fingerprint density at radius 2 is 2.06 bits per heavy atom. The molecule has 1 aromatic carbocycles. The van der Waals surface area contributed by atoms with E-state index in [-0.39, 0.29) is 24.6 Å². The maximum absolute atomic E-state index is 13.4. The summed E-state index contributed by atoms with van der Waals surface area (Å²) in [4.78, 5) is 22.5. The quantitative estimate of drug-likeness (QED) is 0.654. The molecule has 0 aliphatic carbocycles. The molecule has 2 aliphatic heterocycles. The van der Waals surface area contributed by atoms with Gasteiger partial charge >= 0.3 is 0 Å². The van der Waals surface area contributed by atoms with Gasteiger partial charge in [0, 0.05) is 49.1 Å². The fourth-order valence-electron chi connectivity index (χ4n) is 4.99. The Bertz CT molecular complexity index is 1140. The predicted molar refractivity (Wildman–Crippen MR) is 123 cm³/mol. The van der Waals surface area contributed by atoms with Crippen LogP contribution in [0, 0.1) is 6.92 Å². The first-order chi connectivity index (χ1) is 15.5. The predicted octanol–water partition coefficient (Wildman–Crippen LogP) is 2.43. The molecule has 1 amide bonds. The zero-order valence-electron chi connectivity index (χ0n) is 18.4. The van der Waals surface area contributed by atoms with Gasteiger partial charge in [-0.3, -0.25) is 4.79 Å². The normalized spacial score (nSPS) is 21.5.